The van der Waals surface area contributed by atoms with Crippen LogP contribution < -0.4 is 9.80 Å². The number of hydrogen-bond donors (Lipinski definition) is 0. The second-order valence-corrected chi connectivity index (χ2v) is 10.5. The van der Waals surface area contributed by atoms with Gasteiger partial charge in [0, 0.05) is 45.1 Å². The van der Waals surface area contributed by atoms with Crippen LogP contribution in [0.5, 0.6) is 0 Å². The minimum absolute atomic E-state index is 0.760. The Morgan fingerprint density at radius 2 is 0.902 bits per heavy atom. The highest BCUT2D eigenvalue weighted by Crippen LogP contribution is 2.51. The average Bonchev–Trinajstić information content (AvgIpc) is 3.72. The monoisotopic (exact) mass is 534 g/mol. The lowest BCUT2D eigenvalue weighted by Crippen LogP contribution is -2.14. The molecule has 200 valence electrons. The quantitative estimate of drug-likeness (QED) is 0.157. The first-order valence-electron chi connectivity index (χ1n) is 13.8. The normalized spacial score (nSPS) is 11.3. The number of benzene rings is 5. The summed E-state index contributed by atoms with van der Waals surface area (Å²) in [7, 11) is 0. The average molecular weight is 535 g/mol. The number of anilines is 6. The zero-order chi connectivity index (χ0) is 27.9. The van der Waals surface area contributed by atoms with Crippen molar-refractivity contribution < 1.29 is 8.83 Å². The number of aryl methyl sites for hydroxylation is 3. The molecule has 0 aliphatic rings. The molecule has 0 amide bonds. The summed E-state index contributed by atoms with van der Waals surface area (Å²) in [6, 6.07) is 40.1. The van der Waals surface area contributed by atoms with Crippen LogP contribution in [0.4, 0.5) is 34.5 Å². The SMILES string of the molecule is Cc1ccc2c(N(c3ccccc3)c3ccco3)c3cc(C)c(C)cc3c(N(c3ccccc3)c3ccco3)c2c1. The molecular formula is C37H30N2O2. The zero-order valence-corrected chi connectivity index (χ0v) is 23.3. The summed E-state index contributed by atoms with van der Waals surface area (Å²) in [5, 5.41) is 4.51. The predicted octanol–water partition coefficient (Wildman–Crippen LogP) is 11.0. The maximum absolute atomic E-state index is 6.09. The van der Waals surface area contributed by atoms with Crippen molar-refractivity contribution in [3.63, 3.8) is 0 Å². The smallest absolute Gasteiger partial charge is 0.204 e. The highest BCUT2D eigenvalue weighted by molar-refractivity contribution is 6.23. The van der Waals surface area contributed by atoms with Gasteiger partial charge in [0.25, 0.3) is 0 Å². The molecule has 0 N–H and O–H groups in total. The molecule has 0 saturated heterocycles. The second kappa shape index (κ2) is 10.1. The fourth-order valence-corrected chi connectivity index (χ4v) is 5.72. The summed E-state index contributed by atoms with van der Waals surface area (Å²) < 4.78 is 12.2. The summed E-state index contributed by atoms with van der Waals surface area (Å²) in [5.41, 5.74) is 7.87. The standard InChI is InChI=1S/C37H30N2O2/c1-25-18-19-30-31(22-25)37(39(35-17-11-21-41-35)29-14-8-5-9-15-29)33-24-27(3)26(2)23-32(33)36(30)38(34-16-10-20-40-34)28-12-6-4-7-13-28/h4-24H,1-3H3. The number of nitrogens with zero attached hydrogens (tertiary/aromatic N) is 2. The van der Waals surface area contributed by atoms with Gasteiger partial charge in [-0.25, -0.2) is 0 Å². The van der Waals surface area contributed by atoms with Crippen molar-refractivity contribution >= 4 is 56.1 Å². The van der Waals surface area contributed by atoms with Gasteiger partial charge in [-0.1, -0.05) is 54.1 Å². The van der Waals surface area contributed by atoms with Crippen LogP contribution in [-0.2, 0) is 0 Å². The Morgan fingerprint density at radius 3 is 1.37 bits per heavy atom. The van der Waals surface area contributed by atoms with Gasteiger partial charge < -0.3 is 8.83 Å². The van der Waals surface area contributed by atoms with Gasteiger partial charge in [0.15, 0.2) is 0 Å². The molecule has 0 aliphatic heterocycles. The molecule has 0 unspecified atom stereocenters. The molecule has 0 spiro atoms. The van der Waals surface area contributed by atoms with Crippen molar-refractivity contribution in [1.29, 1.82) is 0 Å². The first-order chi connectivity index (χ1) is 20.1. The number of furan rings is 2. The summed E-state index contributed by atoms with van der Waals surface area (Å²) in [6.07, 6.45) is 3.47. The van der Waals surface area contributed by atoms with Crippen LogP contribution in [0.25, 0.3) is 21.5 Å². The van der Waals surface area contributed by atoms with E-state index in [9.17, 15) is 0 Å². The highest BCUT2D eigenvalue weighted by atomic mass is 16.3. The number of para-hydroxylation sites is 2. The van der Waals surface area contributed by atoms with E-state index in [0.717, 1.165) is 56.1 Å². The van der Waals surface area contributed by atoms with E-state index in [1.807, 2.05) is 36.4 Å². The Hall–Kier alpha value is -5.22. The Morgan fingerprint density at radius 1 is 0.439 bits per heavy atom. The second-order valence-electron chi connectivity index (χ2n) is 10.5. The van der Waals surface area contributed by atoms with E-state index in [-0.39, 0.29) is 0 Å². The Bertz CT molecular complexity index is 1960. The summed E-state index contributed by atoms with van der Waals surface area (Å²) in [6.45, 7) is 6.51. The van der Waals surface area contributed by atoms with E-state index in [1.54, 1.807) is 12.5 Å². The van der Waals surface area contributed by atoms with Crippen molar-refractivity contribution in [2.24, 2.45) is 0 Å². The van der Waals surface area contributed by atoms with Crippen LogP contribution in [0.1, 0.15) is 16.7 Å². The lowest BCUT2D eigenvalue weighted by molar-refractivity contribution is 0.573. The molecule has 0 atom stereocenters. The predicted molar refractivity (Wildman–Crippen MR) is 170 cm³/mol. The number of hydrogen-bond acceptors (Lipinski definition) is 4. The van der Waals surface area contributed by atoms with Gasteiger partial charge in [-0.05, 0) is 86.5 Å². The fourth-order valence-electron chi connectivity index (χ4n) is 5.72. The minimum atomic E-state index is 0.760. The van der Waals surface area contributed by atoms with Crippen LogP contribution in [0, 0.1) is 20.8 Å². The van der Waals surface area contributed by atoms with Crippen LogP contribution in [0.15, 0.2) is 137 Å². The molecule has 7 rings (SSSR count). The van der Waals surface area contributed by atoms with Gasteiger partial charge in [0.2, 0.25) is 11.8 Å². The number of fused-ring (bicyclic) bond motifs is 2. The van der Waals surface area contributed by atoms with Gasteiger partial charge in [-0.3, -0.25) is 9.80 Å². The summed E-state index contributed by atoms with van der Waals surface area (Å²) >= 11 is 0. The Balaban J connectivity index is 1.68. The van der Waals surface area contributed by atoms with Crippen LogP contribution in [0.2, 0.25) is 0 Å². The Kier molecular flexibility index (Phi) is 6.09. The molecule has 0 saturated carbocycles. The van der Waals surface area contributed by atoms with Crippen molar-refractivity contribution in [2.45, 2.75) is 20.8 Å². The van der Waals surface area contributed by atoms with Gasteiger partial charge in [0.05, 0.1) is 23.9 Å². The third kappa shape index (κ3) is 4.25. The molecule has 4 heteroatoms. The molecule has 0 bridgehead atoms. The molecule has 7 aromatic rings. The van der Waals surface area contributed by atoms with Crippen molar-refractivity contribution in [3.8, 4) is 0 Å². The molecule has 4 nitrogen and oxygen atoms in total. The van der Waals surface area contributed by atoms with Crippen molar-refractivity contribution in [2.75, 3.05) is 9.80 Å². The highest BCUT2D eigenvalue weighted by Gasteiger charge is 2.27. The first-order valence-corrected chi connectivity index (χ1v) is 13.8. The third-order valence-electron chi connectivity index (χ3n) is 7.76. The fraction of sp³-hybridized carbons (Fsp3) is 0.0811. The van der Waals surface area contributed by atoms with Gasteiger partial charge in [-0.2, -0.15) is 0 Å². The molecule has 0 radical (unpaired) electrons. The van der Waals surface area contributed by atoms with E-state index in [2.05, 4.69) is 109 Å². The Labute approximate surface area is 239 Å². The topological polar surface area (TPSA) is 32.8 Å². The van der Waals surface area contributed by atoms with Crippen LogP contribution >= 0.6 is 0 Å². The molecule has 0 fully saturated rings. The molecule has 0 aliphatic carbocycles. The van der Waals surface area contributed by atoms with Crippen molar-refractivity contribution in [1.82, 2.24) is 0 Å². The van der Waals surface area contributed by atoms with E-state index in [0.29, 0.717) is 0 Å². The third-order valence-corrected chi connectivity index (χ3v) is 7.76. The van der Waals surface area contributed by atoms with Gasteiger partial charge >= 0.3 is 0 Å². The summed E-state index contributed by atoms with van der Waals surface area (Å²) in [5.74, 6) is 1.52. The zero-order valence-electron chi connectivity index (χ0n) is 23.3. The van der Waals surface area contributed by atoms with E-state index >= 15 is 0 Å². The maximum Gasteiger partial charge on any atom is 0.204 e. The summed E-state index contributed by atoms with van der Waals surface area (Å²) in [4.78, 5) is 4.47. The molecule has 5 aromatic carbocycles. The molecule has 2 heterocycles. The maximum atomic E-state index is 6.09. The molecule has 41 heavy (non-hydrogen) atoms. The van der Waals surface area contributed by atoms with Crippen LogP contribution in [0.3, 0.4) is 0 Å². The largest absolute Gasteiger partial charge is 0.448 e. The van der Waals surface area contributed by atoms with E-state index in [1.165, 1.54) is 16.7 Å². The van der Waals surface area contributed by atoms with Crippen molar-refractivity contribution in [3.05, 3.63) is 144 Å². The first kappa shape index (κ1) is 24.8. The lowest BCUT2D eigenvalue weighted by atomic mass is 9.92. The van der Waals surface area contributed by atoms with E-state index < -0.39 is 0 Å². The molecular weight excluding hydrogens is 504 g/mol. The van der Waals surface area contributed by atoms with Gasteiger partial charge in [-0.15, -0.1) is 0 Å². The number of rotatable bonds is 6. The van der Waals surface area contributed by atoms with E-state index in [4.69, 9.17) is 8.83 Å². The molecule has 2 aromatic heterocycles. The van der Waals surface area contributed by atoms with Crippen LogP contribution in [-0.4, -0.2) is 0 Å². The minimum Gasteiger partial charge on any atom is -0.448 e. The van der Waals surface area contributed by atoms with Gasteiger partial charge in [0.1, 0.15) is 0 Å². The lowest BCUT2D eigenvalue weighted by Gasteiger charge is -2.31.